The molecule has 4 rings (SSSR count). The molecule has 2 bridgehead atoms. The van der Waals surface area contributed by atoms with Gasteiger partial charge in [-0.2, -0.15) is 0 Å². The van der Waals surface area contributed by atoms with E-state index in [1.54, 1.807) is 12.4 Å². The normalized spacial score (nSPS) is 24.8. The fourth-order valence-electron chi connectivity index (χ4n) is 3.82. The second-order valence-electron chi connectivity index (χ2n) is 6.89. The lowest BCUT2D eigenvalue weighted by molar-refractivity contribution is 0.0992. The van der Waals surface area contributed by atoms with Crippen molar-refractivity contribution in [2.45, 2.75) is 57.9 Å². The molecule has 2 fully saturated rings. The van der Waals surface area contributed by atoms with Crippen molar-refractivity contribution in [2.24, 2.45) is 4.99 Å². The number of aromatic nitrogens is 3. The van der Waals surface area contributed by atoms with Gasteiger partial charge < -0.3 is 15.4 Å². The Balaban J connectivity index is 1.51. The Morgan fingerprint density at radius 2 is 2.27 bits per heavy atom. The molecule has 2 aromatic rings. The Hall–Kier alpha value is -2.41. The molecule has 7 heteroatoms. The van der Waals surface area contributed by atoms with Crippen LogP contribution in [0.3, 0.4) is 0 Å². The van der Waals surface area contributed by atoms with Gasteiger partial charge in [0, 0.05) is 30.7 Å². The van der Waals surface area contributed by atoms with Gasteiger partial charge in [-0.25, -0.2) is 15.0 Å². The molecule has 3 unspecified atom stereocenters. The number of imidazole rings is 1. The van der Waals surface area contributed by atoms with Crippen molar-refractivity contribution in [3.8, 4) is 5.82 Å². The van der Waals surface area contributed by atoms with Gasteiger partial charge in [-0.15, -0.1) is 0 Å². The molecule has 3 atom stereocenters. The van der Waals surface area contributed by atoms with Crippen LogP contribution in [0.15, 0.2) is 35.7 Å². The molecule has 2 N–H and O–H groups in total. The lowest BCUT2D eigenvalue weighted by atomic mass is 9.96. The van der Waals surface area contributed by atoms with Crippen molar-refractivity contribution in [3.05, 3.63) is 42.1 Å². The van der Waals surface area contributed by atoms with E-state index < -0.39 is 0 Å². The van der Waals surface area contributed by atoms with Crippen molar-refractivity contribution < 1.29 is 4.74 Å². The molecule has 4 heterocycles. The van der Waals surface area contributed by atoms with Crippen LogP contribution < -0.4 is 10.6 Å². The van der Waals surface area contributed by atoms with Crippen LogP contribution in [0.4, 0.5) is 0 Å². The zero-order valence-corrected chi connectivity index (χ0v) is 15.4. The highest BCUT2D eigenvalue weighted by Crippen LogP contribution is 2.34. The minimum atomic E-state index is 0.325. The molecule has 0 radical (unpaired) electrons. The maximum Gasteiger partial charge on any atom is 0.191 e. The highest BCUT2D eigenvalue weighted by molar-refractivity contribution is 5.80. The Kier molecular flexibility index (Phi) is 4.88. The van der Waals surface area contributed by atoms with Gasteiger partial charge in [0.15, 0.2) is 5.96 Å². The van der Waals surface area contributed by atoms with E-state index in [0.29, 0.717) is 24.8 Å². The van der Waals surface area contributed by atoms with Crippen LogP contribution in [0.1, 0.15) is 37.6 Å². The Morgan fingerprint density at radius 3 is 2.96 bits per heavy atom. The zero-order valence-electron chi connectivity index (χ0n) is 15.4. The highest BCUT2D eigenvalue weighted by atomic mass is 16.5. The van der Waals surface area contributed by atoms with Gasteiger partial charge in [0.05, 0.1) is 24.8 Å². The molecule has 2 aliphatic rings. The number of guanidine groups is 1. The van der Waals surface area contributed by atoms with E-state index in [2.05, 4.69) is 33.6 Å². The Labute approximate surface area is 153 Å². The lowest BCUT2D eigenvalue weighted by Gasteiger charge is -2.22. The number of hydrogen-bond acceptors (Lipinski definition) is 4. The first kappa shape index (κ1) is 17.0. The highest BCUT2D eigenvalue weighted by Gasteiger charge is 2.41. The minimum absolute atomic E-state index is 0.325. The van der Waals surface area contributed by atoms with Crippen LogP contribution in [-0.4, -0.2) is 45.3 Å². The van der Waals surface area contributed by atoms with Gasteiger partial charge in [0.2, 0.25) is 0 Å². The summed E-state index contributed by atoms with van der Waals surface area (Å²) < 4.78 is 7.94. The smallest absolute Gasteiger partial charge is 0.191 e. The minimum Gasteiger partial charge on any atom is -0.373 e. The molecule has 0 spiro atoms. The van der Waals surface area contributed by atoms with E-state index in [0.717, 1.165) is 42.6 Å². The number of aliphatic imine (C=N–C) groups is 1. The first-order valence-electron chi connectivity index (χ1n) is 9.39. The zero-order chi connectivity index (χ0) is 17.9. The fraction of sp³-hybridized carbons (Fsp3) is 0.526. The quantitative estimate of drug-likeness (QED) is 0.634. The molecule has 0 aromatic carbocycles. The summed E-state index contributed by atoms with van der Waals surface area (Å²) in [4.78, 5) is 13.6. The average molecular weight is 354 g/mol. The number of ether oxygens (including phenoxy) is 1. The molecule has 138 valence electrons. The van der Waals surface area contributed by atoms with E-state index in [1.165, 1.54) is 6.42 Å². The predicted molar refractivity (Wildman–Crippen MR) is 100 cm³/mol. The maximum atomic E-state index is 5.94. The summed E-state index contributed by atoms with van der Waals surface area (Å²) in [6.45, 7) is 5.44. The van der Waals surface area contributed by atoms with Gasteiger partial charge in [0.1, 0.15) is 11.6 Å². The maximum absolute atomic E-state index is 5.94. The summed E-state index contributed by atoms with van der Waals surface area (Å²) in [5.74, 6) is 2.63. The van der Waals surface area contributed by atoms with Crippen LogP contribution in [0.2, 0.25) is 0 Å². The van der Waals surface area contributed by atoms with Crippen molar-refractivity contribution in [2.75, 3.05) is 6.54 Å². The van der Waals surface area contributed by atoms with E-state index in [4.69, 9.17) is 9.73 Å². The number of nitrogens with zero attached hydrogens (tertiary/aromatic N) is 4. The molecule has 2 aromatic heterocycles. The van der Waals surface area contributed by atoms with Crippen LogP contribution in [-0.2, 0) is 11.3 Å². The van der Waals surface area contributed by atoms with E-state index >= 15 is 0 Å². The average Bonchev–Trinajstić information content (AvgIpc) is 3.37. The van der Waals surface area contributed by atoms with E-state index in [1.807, 2.05) is 23.8 Å². The van der Waals surface area contributed by atoms with Crippen molar-refractivity contribution in [3.63, 3.8) is 0 Å². The van der Waals surface area contributed by atoms with Gasteiger partial charge in [-0.1, -0.05) is 6.07 Å². The van der Waals surface area contributed by atoms with Gasteiger partial charge in [-0.3, -0.25) is 4.57 Å². The summed E-state index contributed by atoms with van der Waals surface area (Å²) in [7, 11) is 0. The van der Waals surface area contributed by atoms with Crippen LogP contribution in [0, 0.1) is 6.92 Å². The molecule has 7 nitrogen and oxygen atoms in total. The molecular formula is C19H26N6O. The van der Waals surface area contributed by atoms with Crippen LogP contribution in [0.25, 0.3) is 5.82 Å². The largest absolute Gasteiger partial charge is 0.373 e. The Bertz CT molecular complexity index is 786. The predicted octanol–water partition coefficient (Wildman–Crippen LogP) is 1.95. The van der Waals surface area contributed by atoms with E-state index in [-0.39, 0.29) is 0 Å². The fourth-order valence-corrected chi connectivity index (χ4v) is 3.82. The van der Waals surface area contributed by atoms with Crippen molar-refractivity contribution in [1.82, 2.24) is 25.2 Å². The number of nitrogens with one attached hydrogen (secondary N) is 2. The molecule has 2 saturated heterocycles. The SMILES string of the molecule is CCNC(=NCc1cccnc1-n1ccnc1C)NC1CC2CCC1O2. The molecule has 0 saturated carbocycles. The summed E-state index contributed by atoms with van der Waals surface area (Å²) in [5, 5.41) is 6.91. The summed E-state index contributed by atoms with van der Waals surface area (Å²) in [6, 6.07) is 4.37. The van der Waals surface area contributed by atoms with E-state index in [9.17, 15) is 0 Å². The number of rotatable bonds is 5. The monoisotopic (exact) mass is 354 g/mol. The van der Waals surface area contributed by atoms with Crippen molar-refractivity contribution >= 4 is 5.96 Å². The summed E-state index contributed by atoms with van der Waals surface area (Å²) >= 11 is 0. The third-order valence-electron chi connectivity index (χ3n) is 5.10. The molecule has 26 heavy (non-hydrogen) atoms. The molecule has 0 aliphatic carbocycles. The molecular weight excluding hydrogens is 328 g/mol. The number of hydrogen-bond donors (Lipinski definition) is 2. The third kappa shape index (κ3) is 3.44. The topological polar surface area (TPSA) is 76.4 Å². The first-order chi connectivity index (χ1) is 12.7. The van der Waals surface area contributed by atoms with Gasteiger partial charge in [0.25, 0.3) is 0 Å². The first-order valence-corrected chi connectivity index (χ1v) is 9.39. The van der Waals surface area contributed by atoms with Crippen LogP contribution >= 0.6 is 0 Å². The number of fused-ring (bicyclic) bond motifs is 2. The van der Waals surface area contributed by atoms with Crippen molar-refractivity contribution in [1.29, 1.82) is 0 Å². The summed E-state index contributed by atoms with van der Waals surface area (Å²) in [6.07, 6.45) is 9.69. The van der Waals surface area contributed by atoms with Gasteiger partial charge in [-0.05, 0) is 39.2 Å². The summed E-state index contributed by atoms with van der Waals surface area (Å²) in [5.41, 5.74) is 1.06. The van der Waals surface area contributed by atoms with Gasteiger partial charge >= 0.3 is 0 Å². The van der Waals surface area contributed by atoms with Crippen LogP contribution in [0.5, 0.6) is 0 Å². The number of pyridine rings is 1. The number of aryl methyl sites for hydroxylation is 1. The standard InChI is InChI=1S/C19H26N6O/c1-3-20-19(24-16-11-15-6-7-17(16)26-15)23-12-14-5-4-8-22-18(14)25-10-9-21-13(25)2/h4-5,8-10,15-17H,3,6-7,11-12H2,1-2H3,(H2,20,23,24). The second kappa shape index (κ2) is 7.45. The third-order valence-corrected chi connectivity index (χ3v) is 5.10. The second-order valence-corrected chi connectivity index (χ2v) is 6.89. The molecule has 2 aliphatic heterocycles. The lowest BCUT2D eigenvalue weighted by Crippen LogP contribution is -2.47. The Morgan fingerprint density at radius 1 is 1.35 bits per heavy atom. The molecule has 0 amide bonds.